The van der Waals surface area contributed by atoms with E-state index in [4.69, 9.17) is 14.2 Å². The standard InChI is InChI=1S/C63H116O6/c1-4-7-10-13-16-19-22-25-27-29-30-31-32-34-36-39-42-45-48-51-54-57-63(66)69-60(58-67-61(64)55-52-49-46-43-40-37-24-21-18-15-12-9-6-3)59-68-62(65)56-53-50-47-44-41-38-35-33-28-26-23-20-17-14-11-8-5-2/h21,24-28,60H,4-20,22-23,29-59H2,1-3H3/b24-21-,27-25-,28-26-/t60-/m0/s1. The van der Waals surface area contributed by atoms with Gasteiger partial charge in [-0.2, -0.15) is 0 Å². The first kappa shape index (κ1) is 66.6. The van der Waals surface area contributed by atoms with Crippen molar-refractivity contribution in [1.82, 2.24) is 0 Å². The monoisotopic (exact) mass is 969 g/mol. The van der Waals surface area contributed by atoms with E-state index in [1.165, 1.54) is 225 Å². The highest BCUT2D eigenvalue weighted by Gasteiger charge is 2.19. The van der Waals surface area contributed by atoms with Crippen LogP contribution < -0.4 is 0 Å². The molecule has 0 aromatic heterocycles. The number of esters is 3. The van der Waals surface area contributed by atoms with Gasteiger partial charge >= 0.3 is 17.9 Å². The highest BCUT2D eigenvalue weighted by Crippen LogP contribution is 2.16. The molecule has 0 amide bonds. The maximum Gasteiger partial charge on any atom is 0.306 e. The minimum atomic E-state index is -0.776. The molecule has 0 N–H and O–H groups in total. The number of rotatable bonds is 56. The molecule has 0 fully saturated rings. The Balaban J connectivity index is 4.32. The van der Waals surface area contributed by atoms with Gasteiger partial charge in [0.25, 0.3) is 0 Å². The van der Waals surface area contributed by atoms with Crippen molar-refractivity contribution in [3.8, 4) is 0 Å². The molecule has 0 spiro atoms. The number of hydrogen-bond acceptors (Lipinski definition) is 6. The Hall–Kier alpha value is -2.37. The van der Waals surface area contributed by atoms with Crippen LogP contribution in [0, 0.1) is 0 Å². The molecule has 0 saturated heterocycles. The molecular weight excluding hydrogens is 853 g/mol. The number of allylic oxidation sites excluding steroid dienone is 6. The van der Waals surface area contributed by atoms with E-state index < -0.39 is 6.10 Å². The van der Waals surface area contributed by atoms with Crippen LogP contribution in [-0.4, -0.2) is 37.2 Å². The lowest BCUT2D eigenvalue weighted by Crippen LogP contribution is -2.30. The second-order valence-corrected chi connectivity index (χ2v) is 20.6. The van der Waals surface area contributed by atoms with E-state index in [9.17, 15) is 14.4 Å². The van der Waals surface area contributed by atoms with E-state index in [2.05, 4.69) is 57.2 Å². The van der Waals surface area contributed by atoms with Crippen LogP contribution in [0.25, 0.3) is 0 Å². The van der Waals surface area contributed by atoms with Gasteiger partial charge in [-0.15, -0.1) is 0 Å². The highest BCUT2D eigenvalue weighted by atomic mass is 16.6. The van der Waals surface area contributed by atoms with Gasteiger partial charge in [-0.1, -0.05) is 250 Å². The zero-order valence-corrected chi connectivity index (χ0v) is 46.3. The molecule has 0 bridgehead atoms. The quantitative estimate of drug-likeness (QED) is 0.0261. The smallest absolute Gasteiger partial charge is 0.306 e. The summed E-state index contributed by atoms with van der Waals surface area (Å²) in [6.07, 6.45) is 70.0. The molecule has 0 aliphatic heterocycles. The molecule has 0 radical (unpaired) electrons. The zero-order chi connectivity index (χ0) is 50.0. The van der Waals surface area contributed by atoms with Crippen LogP contribution in [0.2, 0.25) is 0 Å². The van der Waals surface area contributed by atoms with Gasteiger partial charge in [0.1, 0.15) is 13.2 Å². The predicted molar refractivity (Wildman–Crippen MR) is 298 cm³/mol. The fourth-order valence-corrected chi connectivity index (χ4v) is 8.96. The van der Waals surface area contributed by atoms with E-state index in [0.717, 1.165) is 64.2 Å². The number of unbranched alkanes of at least 4 members (excludes halogenated alkanes) is 39. The molecule has 0 unspecified atom stereocenters. The highest BCUT2D eigenvalue weighted by molar-refractivity contribution is 5.71. The van der Waals surface area contributed by atoms with E-state index >= 15 is 0 Å². The molecule has 0 aliphatic rings. The van der Waals surface area contributed by atoms with Crippen LogP contribution in [0.15, 0.2) is 36.5 Å². The van der Waals surface area contributed by atoms with Crippen molar-refractivity contribution in [2.24, 2.45) is 0 Å². The Morgan fingerprint density at radius 2 is 0.478 bits per heavy atom. The molecule has 0 aromatic rings. The zero-order valence-electron chi connectivity index (χ0n) is 46.3. The number of ether oxygens (including phenoxy) is 3. The van der Waals surface area contributed by atoms with Gasteiger partial charge in [0, 0.05) is 19.3 Å². The summed E-state index contributed by atoms with van der Waals surface area (Å²) < 4.78 is 16.9. The Morgan fingerprint density at radius 1 is 0.275 bits per heavy atom. The first-order chi connectivity index (χ1) is 34.0. The SMILES string of the molecule is CCCCCC/C=C\CCCCCCCC(=O)OC[C@@H](COC(=O)CCCCCCCCC/C=C\CCCCCCCC)OC(=O)CCCCCCCCCCCCC/C=C\CCCCCCCC. The Morgan fingerprint density at radius 3 is 0.739 bits per heavy atom. The molecule has 69 heavy (non-hydrogen) atoms. The van der Waals surface area contributed by atoms with Gasteiger partial charge in [0.05, 0.1) is 0 Å². The summed E-state index contributed by atoms with van der Waals surface area (Å²) >= 11 is 0. The first-order valence-electron chi connectivity index (χ1n) is 30.5. The molecule has 404 valence electrons. The summed E-state index contributed by atoms with van der Waals surface area (Å²) in [4.78, 5) is 38.2. The van der Waals surface area contributed by atoms with Crippen molar-refractivity contribution in [2.75, 3.05) is 13.2 Å². The van der Waals surface area contributed by atoms with Gasteiger partial charge in [-0.25, -0.2) is 0 Å². The lowest BCUT2D eigenvalue weighted by atomic mass is 10.0. The topological polar surface area (TPSA) is 78.9 Å². The van der Waals surface area contributed by atoms with Crippen LogP contribution in [0.4, 0.5) is 0 Å². The van der Waals surface area contributed by atoms with Gasteiger partial charge in [-0.3, -0.25) is 14.4 Å². The molecule has 0 saturated carbocycles. The van der Waals surface area contributed by atoms with Crippen molar-refractivity contribution in [1.29, 1.82) is 0 Å². The van der Waals surface area contributed by atoms with Gasteiger partial charge < -0.3 is 14.2 Å². The summed E-state index contributed by atoms with van der Waals surface area (Å²) in [5.41, 5.74) is 0. The van der Waals surface area contributed by atoms with Crippen LogP contribution in [-0.2, 0) is 28.6 Å². The van der Waals surface area contributed by atoms with Crippen molar-refractivity contribution in [3.05, 3.63) is 36.5 Å². The lowest BCUT2D eigenvalue weighted by molar-refractivity contribution is -0.167. The number of carbonyl (C=O) groups excluding carboxylic acids is 3. The normalized spacial score (nSPS) is 12.2. The summed E-state index contributed by atoms with van der Waals surface area (Å²) in [6.45, 7) is 6.65. The third-order valence-corrected chi connectivity index (χ3v) is 13.6. The molecule has 6 nitrogen and oxygen atoms in total. The molecule has 0 rings (SSSR count). The summed E-state index contributed by atoms with van der Waals surface area (Å²) in [7, 11) is 0. The number of carbonyl (C=O) groups is 3. The largest absolute Gasteiger partial charge is 0.462 e. The second kappa shape index (κ2) is 58.2. The van der Waals surface area contributed by atoms with E-state index in [1.807, 2.05) is 0 Å². The van der Waals surface area contributed by atoms with Crippen molar-refractivity contribution < 1.29 is 28.6 Å². The van der Waals surface area contributed by atoms with Crippen LogP contribution >= 0.6 is 0 Å². The maximum absolute atomic E-state index is 12.9. The van der Waals surface area contributed by atoms with Gasteiger partial charge in [0.2, 0.25) is 0 Å². The minimum absolute atomic E-state index is 0.0746. The fraction of sp³-hybridized carbons (Fsp3) is 0.857. The second-order valence-electron chi connectivity index (χ2n) is 20.6. The lowest BCUT2D eigenvalue weighted by Gasteiger charge is -2.18. The van der Waals surface area contributed by atoms with Gasteiger partial charge in [-0.05, 0) is 96.3 Å². The summed E-state index contributed by atoms with van der Waals surface area (Å²) in [6, 6.07) is 0. The van der Waals surface area contributed by atoms with Crippen molar-refractivity contribution in [3.63, 3.8) is 0 Å². The molecular formula is C63H116O6. The Labute approximate surface area is 429 Å². The van der Waals surface area contributed by atoms with Crippen molar-refractivity contribution in [2.45, 2.75) is 335 Å². The number of hydrogen-bond donors (Lipinski definition) is 0. The van der Waals surface area contributed by atoms with Crippen LogP contribution in [0.5, 0.6) is 0 Å². The van der Waals surface area contributed by atoms with E-state index in [-0.39, 0.29) is 31.1 Å². The molecule has 0 aliphatic carbocycles. The molecule has 1 atom stereocenters. The van der Waals surface area contributed by atoms with Crippen LogP contribution in [0.1, 0.15) is 329 Å². The minimum Gasteiger partial charge on any atom is -0.462 e. The van der Waals surface area contributed by atoms with Crippen LogP contribution in [0.3, 0.4) is 0 Å². The first-order valence-corrected chi connectivity index (χ1v) is 30.5. The van der Waals surface area contributed by atoms with Gasteiger partial charge in [0.15, 0.2) is 6.10 Å². The van der Waals surface area contributed by atoms with E-state index in [0.29, 0.717) is 19.3 Å². The predicted octanol–water partition coefficient (Wildman–Crippen LogP) is 20.4. The molecule has 6 heteroatoms. The third-order valence-electron chi connectivity index (χ3n) is 13.6. The summed E-state index contributed by atoms with van der Waals surface area (Å²) in [5.74, 6) is -0.870. The maximum atomic E-state index is 12.9. The Kier molecular flexibility index (Phi) is 56.2. The fourth-order valence-electron chi connectivity index (χ4n) is 8.96. The average Bonchev–Trinajstić information content (AvgIpc) is 3.35. The molecule has 0 aromatic carbocycles. The third kappa shape index (κ3) is 56.4. The summed E-state index contributed by atoms with van der Waals surface area (Å²) in [5, 5.41) is 0. The van der Waals surface area contributed by atoms with E-state index in [1.54, 1.807) is 0 Å². The Bertz CT molecular complexity index is 1160. The van der Waals surface area contributed by atoms with Crippen molar-refractivity contribution >= 4 is 17.9 Å². The molecule has 0 heterocycles. The average molecular weight is 970 g/mol.